The van der Waals surface area contributed by atoms with Gasteiger partial charge in [-0.15, -0.1) is 0 Å². The number of aliphatic hydroxyl groups excluding tert-OH is 1. The largest absolute Gasteiger partial charge is 0.507 e. The van der Waals surface area contributed by atoms with Crippen molar-refractivity contribution in [2.24, 2.45) is 0 Å². The SMILES string of the molecule is CC(C)c1ccc(C(C)C)c(C(C)(C)CO)c1O. The smallest absolute Gasteiger partial charge is 0.123 e. The fraction of sp³-hybridized carbons (Fsp3) is 0.625. The van der Waals surface area contributed by atoms with E-state index in [1.165, 1.54) is 0 Å². The van der Waals surface area contributed by atoms with Gasteiger partial charge in [0.2, 0.25) is 0 Å². The topological polar surface area (TPSA) is 40.5 Å². The lowest BCUT2D eigenvalue weighted by Gasteiger charge is -2.29. The van der Waals surface area contributed by atoms with E-state index < -0.39 is 5.41 Å². The Morgan fingerprint density at radius 3 is 1.83 bits per heavy atom. The third-order valence-corrected chi connectivity index (χ3v) is 3.56. The Morgan fingerprint density at radius 2 is 1.44 bits per heavy atom. The van der Waals surface area contributed by atoms with E-state index in [0.29, 0.717) is 11.7 Å². The van der Waals surface area contributed by atoms with E-state index in [2.05, 4.69) is 33.8 Å². The zero-order valence-electron chi connectivity index (χ0n) is 12.4. The van der Waals surface area contributed by atoms with Crippen LogP contribution in [0.4, 0.5) is 0 Å². The van der Waals surface area contributed by atoms with Crippen LogP contribution in [0.1, 0.15) is 70.1 Å². The molecule has 0 unspecified atom stereocenters. The second-order valence-corrected chi connectivity index (χ2v) is 6.32. The summed E-state index contributed by atoms with van der Waals surface area (Å²) in [7, 11) is 0. The first-order chi connectivity index (χ1) is 8.22. The Morgan fingerprint density at radius 1 is 1.00 bits per heavy atom. The molecule has 0 atom stereocenters. The quantitative estimate of drug-likeness (QED) is 0.850. The zero-order chi connectivity index (χ0) is 14.1. The Hall–Kier alpha value is -1.02. The Labute approximate surface area is 111 Å². The van der Waals surface area contributed by atoms with Crippen LogP contribution in [-0.2, 0) is 5.41 Å². The molecule has 0 saturated carbocycles. The lowest BCUT2D eigenvalue weighted by molar-refractivity contribution is 0.214. The number of hydrogen-bond donors (Lipinski definition) is 2. The van der Waals surface area contributed by atoms with E-state index in [4.69, 9.17) is 0 Å². The summed E-state index contributed by atoms with van der Waals surface area (Å²) < 4.78 is 0. The number of benzene rings is 1. The first-order valence-electron chi connectivity index (χ1n) is 6.69. The predicted molar refractivity (Wildman–Crippen MR) is 76.4 cm³/mol. The molecule has 102 valence electrons. The summed E-state index contributed by atoms with van der Waals surface area (Å²) in [6.07, 6.45) is 0. The fourth-order valence-electron chi connectivity index (χ4n) is 2.36. The van der Waals surface area contributed by atoms with Crippen molar-refractivity contribution in [3.8, 4) is 5.75 Å². The Bertz CT molecular complexity index is 417. The van der Waals surface area contributed by atoms with Gasteiger partial charge in [-0.1, -0.05) is 53.7 Å². The first kappa shape index (κ1) is 15.0. The summed E-state index contributed by atoms with van der Waals surface area (Å²) in [4.78, 5) is 0. The summed E-state index contributed by atoms with van der Waals surface area (Å²) >= 11 is 0. The van der Waals surface area contributed by atoms with Crippen molar-refractivity contribution in [1.29, 1.82) is 0 Å². The number of phenols is 1. The number of aromatic hydroxyl groups is 1. The molecule has 0 heterocycles. The van der Waals surface area contributed by atoms with Crippen molar-refractivity contribution in [1.82, 2.24) is 0 Å². The van der Waals surface area contributed by atoms with Crippen molar-refractivity contribution in [3.63, 3.8) is 0 Å². The van der Waals surface area contributed by atoms with Gasteiger partial charge in [0.25, 0.3) is 0 Å². The molecule has 0 amide bonds. The molecule has 0 saturated heterocycles. The maximum absolute atomic E-state index is 10.5. The van der Waals surface area contributed by atoms with Crippen LogP contribution >= 0.6 is 0 Å². The highest BCUT2D eigenvalue weighted by Gasteiger charge is 2.29. The molecule has 0 aliphatic rings. The van der Waals surface area contributed by atoms with Gasteiger partial charge in [0.05, 0.1) is 6.61 Å². The zero-order valence-corrected chi connectivity index (χ0v) is 12.4. The molecule has 0 aliphatic heterocycles. The van der Waals surface area contributed by atoms with Crippen molar-refractivity contribution in [3.05, 3.63) is 28.8 Å². The standard InChI is InChI=1S/C16H26O2/c1-10(2)12-7-8-13(11(3)4)15(18)14(12)16(5,6)9-17/h7-8,10-11,17-18H,9H2,1-6H3. The molecule has 0 fully saturated rings. The highest BCUT2D eigenvalue weighted by atomic mass is 16.3. The molecule has 2 nitrogen and oxygen atoms in total. The van der Waals surface area contributed by atoms with Crippen molar-refractivity contribution in [2.45, 2.75) is 58.8 Å². The van der Waals surface area contributed by atoms with Crippen LogP contribution in [0.25, 0.3) is 0 Å². The van der Waals surface area contributed by atoms with Gasteiger partial charge < -0.3 is 10.2 Å². The van der Waals surface area contributed by atoms with E-state index in [9.17, 15) is 10.2 Å². The maximum atomic E-state index is 10.5. The third-order valence-electron chi connectivity index (χ3n) is 3.56. The highest BCUT2D eigenvalue weighted by molar-refractivity contribution is 5.51. The van der Waals surface area contributed by atoms with Gasteiger partial charge in [0, 0.05) is 11.0 Å². The molecule has 2 heteroatoms. The normalized spacial score (nSPS) is 12.5. The van der Waals surface area contributed by atoms with E-state index in [1.54, 1.807) is 0 Å². The first-order valence-corrected chi connectivity index (χ1v) is 6.69. The lowest BCUT2D eigenvalue weighted by Crippen LogP contribution is -2.25. The number of phenolic OH excluding ortho intramolecular Hbond substituents is 1. The molecule has 18 heavy (non-hydrogen) atoms. The van der Waals surface area contributed by atoms with Gasteiger partial charge in [0.15, 0.2) is 0 Å². The molecular weight excluding hydrogens is 224 g/mol. The minimum atomic E-state index is -0.422. The summed E-state index contributed by atoms with van der Waals surface area (Å²) in [5.41, 5.74) is 2.55. The van der Waals surface area contributed by atoms with Crippen molar-refractivity contribution < 1.29 is 10.2 Å². The van der Waals surface area contributed by atoms with Crippen LogP contribution in [0, 0.1) is 0 Å². The molecule has 0 aliphatic carbocycles. The molecule has 0 spiro atoms. The maximum Gasteiger partial charge on any atom is 0.123 e. The molecule has 1 aromatic rings. The van der Waals surface area contributed by atoms with E-state index in [1.807, 2.05) is 19.9 Å². The van der Waals surface area contributed by atoms with Crippen LogP contribution in [-0.4, -0.2) is 16.8 Å². The summed E-state index contributed by atoms with van der Waals surface area (Å²) in [5.74, 6) is 0.965. The van der Waals surface area contributed by atoms with Crippen molar-refractivity contribution >= 4 is 0 Å². The molecular formula is C16H26O2. The predicted octanol–water partition coefficient (Wildman–Crippen LogP) is 3.91. The molecule has 0 aromatic heterocycles. The number of rotatable bonds is 4. The average molecular weight is 250 g/mol. The second kappa shape index (κ2) is 5.31. The van der Waals surface area contributed by atoms with Gasteiger partial charge in [-0.2, -0.15) is 0 Å². The fourth-order valence-corrected chi connectivity index (χ4v) is 2.36. The van der Waals surface area contributed by atoms with Crippen LogP contribution in [0.3, 0.4) is 0 Å². The van der Waals surface area contributed by atoms with E-state index in [-0.39, 0.29) is 12.5 Å². The van der Waals surface area contributed by atoms with Gasteiger partial charge in [0.1, 0.15) is 5.75 Å². The van der Waals surface area contributed by atoms with Crippen LogP contribution in [0.2, 0.25) is 0 Å². The minimum Gasteiger partial charge on any atom is -0.507 e. The van der Waals surface area contributed by atoms with Gasteiger partial charge in [-0.05, 0) is 23.0 Å². The second-order valence-electron chi connectivity index (χ2n) is 6.32. The summed E-state index contributed by atoms with van der Waals surface area (Å²) in [5, 5.41) is 20.1. The monoisotopic (exact) mass is 250 g/mol. The van der Waals surface area contributed by atoms with Gasteiger partial charge >= 0.3 is 0 Å². The average Bonchev–Trinajstić information content (AvgIpc) is 2.27. The Balaban J connectivity index is 3.56. The molecule has 2 N–H and O–H groups in total. The number of aliphatic hydroxyl groups is 1. The van der Waals surface area contributed by atoms with Crippen LogP contribution in [0.15, 0.2) is 12.1 Å². The molecule has 1 rings (SSSR count). The third kappa shape index (κ3) is 2.69. The van der Waals surface area contributed by atoms with Crippen molar-refractivity contribution in [2.75, 3.05) is 6.61 Å². The lowest BCUT2D eigenvalue weighted by atomic mass is 9.77. The van der Waals surface area contributed by atoms with Gasteiger partial charge in [-0.25, -0.2) is 0 Å². The minimum absolute atomic E-state index is 0.0296. The Kier molecular flexibility index (Phi) is 4.44. The summed E-state index contributed by atoms with van der Waals surface area (Å²) in [6, 6.07) is 4.10. The summed E-state index contributed by atoms with van der Waals surface area (Å²) in [6.45, 7) is 12.3. The molecule has 1 aromatic carbocycles. The molecule has 0 bridgehead atoms. The van der Waals surface area contributed by atoms with Crippen LogP contribution in [0.5, 0.6) is 5.75 Å². The van der Waals surface area contributed by atoms with E-state index in [0.717, 1.165) is 16.7 Å². The van der Waals surface area contributed by atoms with E-state index >= 15 is 0 Å². The molecule has 0 radical (unpaired) electrons. The van der Waals surface area contributed by atoms with Crippen LogP contribution < -0.4 is 0 Å². The number of hydrogen-bond acceptors (Lipinski definition) is 2. The highest BCUT2D eigenvalue weighted by Crippen LogP contribution is 2.41. The van der Waals surface area contributed by atoms with Gasteiger partial charge in [-0.3, -0.25) is 0 Å².